The van der Waals surface area contributed by atoms with Crippen LogP contribution in [0.2, 0.25) is 0 Å². The molecule has 104 valence electrons. The molecule has 1 unspecified atom stereocenters. The summed E-state index contributed by atoms with van der Waals surface area (Å²) < 4.78 is 5.68. The maximum atomic E-state index is 11.9. The van der Waals surface area contributed by atoms with Gasteiger partial charge < -0.3 is 4.74 Å². The van der Waals surface area contributed by atoms with Crippen molar-refractivity contribution in [2.45, 2.75) is 12.6 Å². The standard InChI is InChI=1S/C15H15BrN2O2/c1-20-15(19)14(12-7-13(16)10-17-9-12)18-8-11-5-3-2-4-6-11/h2-7,9-10,14,18H,8H2,1H3. The summed E-state index contributed by atoms with van der Waals surface area (Å²) in [5, 5.41) is 3.19. The fraction of sp³-hybridized carbons (Fsp3) is 0.200. The number of methoxy groups -OCH3 is 1. The van der Waals surface area contributed by atoms with Crippen LogP contribution in [0.1, 0.15) is 17.2 Å². The molecule has 0 fully saturated rings. The SMILES string of the molecule is COC(=O)C(NCc1ccccc1)c1cncc(Br)c1. The van der Waals surface area contributed by atoms with Crippen LogP contribution in [0.3, 0.4) is 0 Å². The van der Waals surface area contributed by atoms with Crippen molar-refractivity contribution in [3.05, 3.63) is 64.4 Å². The first kappa shape index (κ1) is 14.7. The number of esters is 1. The normalized spacial score (nSPS) is 11.9. The molecule has 0 bridgehead atoms. The topological polar surface area (TPSA) is 51.2 Å². The van der Waals surface area contributed by atoms with Crippen molar-refractivity contribution >= 4 is 21.9 Å². The van der Waals surface area contributed by atoms with E-state index in [9.17, 15) is 4.79 Å². The van der Waals surface area contributed by atoms with E-state index in [2.05, 4.69) is 26.2 Å². The highest BCUT2D eigenvalue weighted by molar-refractivity contribution is 9.10. The highest BCUT2D eigenvalue weighted by atomic mass is 79.9. The van der Waals surface area contributed by atoms with E-state index in [1.165, 1.54) is 7.11 Å². The van der Waals surface area contributed by atoms with Crippen molar-refractivity contribution in [2.24, 2.45) is 0 Å². The lowest BCUT2D eigenvalue weighted by atomic mass is 10.1. The molecule has 4 nitrogen and oxygen atoms in total. The summed E-state index contributed by atoms with van der Waals surface area (Å²) in [6.45, 7) is 0.577. The Balaban J connectivity index is 2.14. The molecule has 1 aromatic carbocycles. The molecule has 0 aliphatic carbocycles. The number of hydrogen-bond donors (Lipinski definition) is 1. The fourth-order valence-electron chi connectivity index (χ4n) is 1.86. The molecular formula is C15H15BrN2O2. The lowest BCUT2D eigenvalue weighted by Gasteiger charge is -2.16. The van der Waals surface area contributed by atoms with Gasteiger partial charge in [-0.3, -0.25) is 10.3 Å². The van der Waals surface area contributed by atoms with Crippen molar-refractivity contribution < 1.29 is 9.53 Å². The maximum Gasteiger partial charge on any atom is 0.327 e. The molecule has 0 aliphatic rings. The Morgan fingerprint density at radius 3 is 2.75 bits per heavy atom. The van der Waals surface area contributed by atoms with Gasteiger partial charge in [-0.15, -0.1) is 0 Å². The third kappa shape index (κ3) is 3.88. The van der Waals surface area contributed by atoms with Gasteiger partial charge in [0.05, 0.1) is 7.11 Å². The molecule has 0 radical (unpaired) electrons. The number of halogens is 1. The van der Waals surface area contributed by atoms with Gasteiger partial charge in [0.25, 0.3) is 0 Å². The van der Waals surface area contributed by atoms with Gasteiger partial charge in [-0.25, -0.2) is 4.79 Å². The number of ether oxygens (including phenoxy) is 1. The average Bonchev–Trinajstić information content (AvgIpc) is 2.48. The number of pyridine rings is 1. The minimum Gasteiger partial charge on any atom is -0.468 e. The van der Waals surface area contributed by atoms with E-state index in [0.717, 1.165) is 15.6 Å². The number of nitrogens with zero attached hydrogens (tertiary/aromatic N) is 1. The Kier molecular flexibility index (Phi) is 5.26. The Hall–Kier alpha value is -1.72. The second-order valence-electron chi connectivity index (χ2n) is 4.26. The Morgan fingerprint density at radius 1 is 1.35 bits per heavy atom. The van der Waals surface area contributed by atoms with E-state index in [1.807, 2.05) is 36.4 Å². The van der Waals surface area contributed by atoms with Gasteiger partial charge in [0.15, 0.2) is 0 Å². The fourth-order valence-corrected chi connectivity index (χ4v) is 2.24. The summed E-state index contributed by atoms with van der Waals surface area (Å²) in [5.74, 6) is -0.333. The van der Waals surface area contributed by atoms with Crippen LogP contribution in [-0.4, -0.2) is 18.1 Å². The molecule has 1 heterocycles. The van der Waals surface area contributed by atoms with Crippen LogP contribution in [-0.2, 0) is 16.1 Å². The molecule has 2 rings (SSSR count). The number of hydrogen-bond acceptors (Lipinski definition) is 4. The molecule has 1 N–H and O–H groups in total. The second kappa shape index (κ2) is 7.17. The first-order valence-electron chi connectivity index (χ1n) is 6.16. The highest BCUT2D eigenvalue weighted by Crippen LogP contribution is 2.18. The van der Waals surface area contributed by atoms with Gasteiger partial charge in [0.2, 0.25) is 0 Å². The Labute approximate surface area is 126 Å². The predicted octanol–water partition coefficient (Wildman–Crippen LogP) is 2.85. The third-order valence-electron chi connectivity index (χ3n) is 2.85. The van der Waals surface area contributed by atoms with Crippen LogP contribution in [0.4, 0.5) is 0 Å². The predicted molar refractivity (Wildman–Crippen MR) is 80.0 cm³/mol. The molecule has 0 saturated carbocycles. The van der Waals surface area contributed by atoms with Crippen molar-refractivity contribution in [1.29, 1.82) is 0 Å². The van der Waals surface area contributed by atoms with Crippen molar-refractivity contribution in [3.63, 3.8) is 0 Å². The molecule has 1 atom stereocenters. The first-order chi connectivity index (χ1) is 9.70. The first-order valence-corrected chi connectivity index (χ1v) is 6.95. The third-order valence-corrected chi connectivity index (χ3v) is 3.28. The summed E-state index contributed by atoms with van der Waals surface area (Å²) in [4.78, 5) is 16.0. The number of rotatable bonds is 5. The molecule has 5 heteroatoms. The zero-order valence-corrected chi connectivity index (χ0v) is 12.6. The summed E-state index contributed by atoms with van der Waals surface area (Å²) >= 11 is 3.36. The van der Waals surface area contributed by atoms with Gasteiger partial charge in [-0.2, -0.15) is 0 Å². The number of aromatic nitrogens is 1. The van der Waals surface area contributed by atoms with Crippen LogP contribution in [0.5, 0.6) is 0 Å². The molecule has 20 heavy (non-hydrogen) atoms. The number of carbonyl (C=O) groups is 1. The lowest BCUT2D eigenvalue weighted by molar-refractivity contribution is -0.143. The molecule has 0 saturated heterocycles. The summed E-state index contributed by atoms with van der Waals surface area (Å²) in [7, 11) is 1.38. The minimum absolute atomic E-state index is 0.333. The smallest absolute Gasteiger partial charge is 0.327 e. The number of nitrogens with one attached hydrogen (secondary N) is 1. The quantitative estimate of drug-likeness (QED) is 0.854. The number of carbonyl (C=O) groups excluding carboxylic acids is 1. The van der Waals surface area contributed by atoms with Crippen LogP contribution in [0, 0.1) is 0 Å². The molecule has 0 amide bonds. The zero-order chi connectivity index (χ0) is 14.4. The molecule has 1 aromatic heterocycles. The second-order valence-corrected chi connectivity index (χ2v) is 5.17. The van der Waals surface area contributed by atoms with Crippen LogP contribution >= 0.6 is 15.9 Å². The van der Waals surface area contributed by atoms with E-state index in [0.29, 0.717) is 6.54 Å². The molecular weight excluding hydrogens is 320 g/mol. The van der Waals surface area contributed by atoms with Crippen molar-refractivity contribution in [1.82, 2.24) is 10.3 Å². The van der Waals surface area contributed by atoms with E-state index in [-0.39, 0.29) is 5.97 Å². The van der Waals surface area contributed by atoms with E-state index >= 15 is 0 Å². The van der Waals surface area contributed by atoms with Crippen molar-refractivity contribution in [3.8, 4) is 0 Å². The Morgan fingerprint density at radius 2 is 2.10 bits per heavy atom. The summed E-state index contributed by atoms with van der Waals surface area (Å²) in [6, 6.07) is 11.2. The molecule has 0 spiro atoms. The van der Waals surface area contributed by atoms with Gasteiger partial charge >= 0.3 is 5.97 Å². The van der Waals surface area contributed by atoms with Gasteiger partial charge in [0, 0.05) is 23.4 Å². The van der Waals surface area contributed by atoms with Crippen LogP contribution in [0.25, 0.3) is 0 Å². The summed E-state index contributed by atoms with van der Waals surface area (Å²) in [5.41, 5.74) is 1.87. The monoisotopic (exact) mass is 334 g/mol. The molecule has 0 aliphatic heterocycles. The minimum atomic E-state index is -0.537. The van der Waals surface area contributed by atoms with E-state index in [4.69, 9.17) is 4.74 Å². The van der Waals surface area contributed by atoms with Gasteiger partial charge in [-0.1, -0.05) is 30.3 Å². The highest BCUT2D eigenvalue weighted by Gasteiger charge is 2.21. The van der Waals surface area contributed by atoms with E-state index in [1.54, 1.807) is 12.4 Å². The number of benzene rings is 1. The van der Waals surface area contributed by atoms with Crippen molar-refractivity contribution in [2.75, 3.05) is 7.11 Å². The van der Waals surface area contributed by atoms with Crippen LogP contribution in [0.15, 0.2) is 53.3 Å². The van der Waals surface area contributed by atoms with Gasteiger partial charge in [-0.05, 0) is 33.1 Å². The largest absolute Gasteiger partial charge is 0.468 e. The zero-order valence-electron chi connectivity index (χ0n) is 11.0. The average molecular weight is 335 g/mol. The summed E-state index contributed by atoms with van der Waals surface area (Å²) in [6.07, 6.45) is 3.33. The Bertz CT molecular complexity index is 575. The van der Waals surface area contributed by atoms with Crippen LogP contribution < -0.4 is 5.32 Å². The molecule has 2 aromatic rings. The van der Waals surface area contributed by atoms with Gasteiger partial charge in [0.1, 0.15) is 6.04 Å². The van der Waals surface area contributed by atoms with E-state index < -0.39 is 6.04 Å². The maximum absolute atomic E-state index is 11.9. The lowest BCUT2D eigenvalue weighted by Crippen LogP contribution is -2.29.